The Morgan fingerprint density at radius 1 is 0.710 bits per heavy atom. The molecule has 0 amide bonds. The van der Waals surface area contributed by atoms with Gasteiger partial charge in [0.2, 0.25) is 11.9 Å². The third-order valence-corrected chi connectivity index (χ3v) is 4.71. The van der Waals surface area contributed by atoms with E-state index in [4.69, 9.17) is 22.9 Å². The van der Waals surface area contributed by atoms with Crippen LogP contribution in [0, 0.1) is 0 Å². The van der Waals surface area contributed by atoms with Crippen LogP contribution in [0.5, 0.6) is 0 Å². The molecule has 0 bridgehead atoms. The lowest BCUT2D eigenvalue weighted by Gasteiger charge is -1.98. The van der Waals surface area contributed by atoms with Gasteiger partial charge in [-0.3, -0.25) is 0 Å². The summed E-state index contributed by atoms with van der Waals surface area (Å²) in [5.74, 6) is -0.161. The Morgan fingerprint density at radius 3 is 1.61 bits per heavy atom. The molecule has 0 radical (unpaired) electrons. The van der Waals surface area contributed by atoms with Crippen LogP contribution in [-0.2, 0) is 0 Å². The Morgan fingerprint density at radius 2 is 1.16 bits per heavy atom. The molecule has 3 aromatic rings. The highest BCUT2D eigenvalue weighted by Gasteiger charge is 2.06. The molecular weight excluding hydrogens is 457 g/mol. The van der Waals surface area contributed by atoms with Crippen molar-refractivity contribution in [3.05, 3.63) is 65.9 Å². The van der Waals surface area contributed by atoms with Crippen molar-refractivity contribution in [2.24, 2.45) is 43.3 Å². The molecule has 162 valence electrons. The Hall–Kier alpha value is -3.47. The number of halogens is 2. The van der Waals surface area contributed by atoms with Crippen LogP contribution in [0.2, 0.25) is 0 Å². The summed E-state index contributed by atoms with van der Waals surface area (Å²) in [6.07, 6.45) is 5.02. The lowest BCUT2D eigenvalue weighted by molar-refractivity contribution is 1.21. The molecule has 0 saturated heterocycles. The van der Waals surface area contributed by atoms with E-state index < -0.39 is 0 Å². The fourth-order valence-corrected chi connectivity index (χ4v) is 3.24. The topological polar surface area (TPSA) is 166 Å². The smallest absolute Gasteiger partial charge is 0.211 e. The third kappa shape index (κ3) is 7.70. The number of guanidine groups is 2. The van der Waals surface area contributed by atoms with Gasteiger partial charge in [-0.25, -0.2) is 4.98 Å². The van der Waals surface area contributed by atoms with E-state index in [-0.39, 0.29) is 36.7 Å². The van der Waals surface area contributed by atoms with Crippen molar-refractivity contribution in [1.29, 1.82) is 0 Å². The third-order valence-electron chi connectivity index (χ3n) is 3.62. The number of aromatic nitrogens is 1. The molecule has 0 fully saturated rings. The molecule has 0 aliphatic carbocycles. The molecule has 8 N–H and O–H groups in total. The van der Waals surface area contributed by atoms with Gasteiger partial charge in [-0.05, 0) is 16.7 Å². The van der Waals surface area contributed by atoms with E-state index in [1.54, 1.807) is 23.8 Å². The summed E-state index contributed by atoms with van der Waals surface area (Å²) >= 11 is 1.61. The monoisotopic (exact) mass is 477 g/mol. The van der Waals surface area contributed by atoms with Crippen LogP contribution in [0.25, 0.3) is 21.0 Å². The molecular formula is C19H21Cl2N9S. The minimum Gasteiger partial charge on any atom is -0.369 e. The van der Waals surface area contributed by atoms with Gasteiger partial charge in [0.25, 0.3) is 0 Å². The summed E-state index contributed by atoms with van der Waals surface area (Å²) in [7, 11) is 0. The second-order valence-electron chi connectivity index (χ2n) is 5.81. The van der Waals surface area contributed by atoms with E-state index in [9.17, 15) is 0 Å². The molecule has 0 unspecified atom stereocenters. The zero-order valence-corrected chi connectivity index (χ0v) is 18.6. The van der Waals surface area contributed by atoms with Crippen molar-refractivity contribution in [3.63, 3.8) is 0 Å². The second kappa shape index (κ2) is 12.3. The molecule has 0 atom stereocenters. The molecule has 1 heterocycles. The van der Waals surface area contributed by atoms with Crippen LogP contribution in [0.15, 0.2) is 75.1 Å². The standard InChI is InChI=1S/C19H19N9S.2ClH/c20-18(21)27-25-9-12-1-5-14(6-2-12)16-11-24-17(29-16)15-7-3-13(4-8-15)10-26-28-19(22)23;;/h1-11H,(H4,20,21,27)(H4,22,23,28);2*1H/b25-9+,26-10+;;. The Bertz CT molecular complexity index is 994. The number of hydrogen-bond acceptors (Lipinski definition) is 6. The lowest BCUT2D eigenvalue weighted by atomic mass is 10.1. The number of nitrogens with zero attached hydrogens (tertiary/aromatic N) is 5. The van der Waals surface area contributed by atoms with Gasteiger partial charge in [0.05, 0.1) is 17.3 Å². The summed E-state index contributed by atoms with van der Waals surface area (Å²) in [4.78, 5) is 5.59. The van der Waals surface area contributed by atoms with Crippen molar-refractivity contribution in [2.75, 3.05) is 0 Å². The molecule has 0 spiro atoms. The average Bonchev–Trinajstić information content (AvgIpc) is 3.19. The fourth-order valence-electron chi connectivity index (χ4n) is 2.31. The highest BCUT2D eigenvalue weighted by molar-refractivity contribution is 7.18. The Labute approximate surface area is 195 Å². The lowest BCUT2D eigenvalue weighted by Crippen LogP contribution is -2.21. The van der Waals surface area contributed by atoms with Crippen LogP contribution < -0.4 is 22.9 Å². The Balaban J connectivity index is 0.00000240. The van der Waals surface area contributed by atoms with E-state index in [0.717, 1.165) is 32.1 Å². The largest absolute Gasteiger partial charge is 0.369 e. The van der Waals surface area contributed by atoms with Crippen LogP contribution in [-0.4, -0.2) is 29.3 Å². The summed E-state index contributed by atoms with van der Waals surface area (Å²) < 4.78 is 0. The van der Waals surface area contributed by atoms with E-state index in [2.05, 4.69) is 25.4 Å². The van der Waals surface area contributed by atoms with E-state index >= 15 is 0 Å². The molecule has 3 rings (SSSR count). The van der Waals surface area contributed by atoms with Gasteiger partial charge in [0, 0.05) is 11.8 Å². The number of nitrogens with two attached hydrogens (primary N) is 4. The minimum atomic E-state index is -0.0812. The maximum atomic E-state index is 5.24. The van der Waals surface area contributed by atoms with Crippen LogP contribution in [0.1, 0.15) is 11.1 Å². The van der Waals surface area contributed by atoms with E-state index in [1.165, 1.54) is 0 Å². The van der Waals surface area contributed by atoms with Gasteiger partial charge in [-0.15, -0.1) is 46.4 Å². The zero-order chi connectivity index (χ0) is 20.6. The first-order chi connectivity index (χ1) is 14.0. The molecule has 1 aromatic heterocycles. The summed E-state index contributed by atoms with van der Waals surface area (Å²) in [6.45, 7) is 0. The average molecular weight is 478 g/mol. The van der Waals surface area contributed by atoms with Crippen molar-refractivity contribution >= 4 is 60.5 Å². The van der Waals surface area contributed by atoms with Gasteiger partial charge >= 0.3 is 0 Å². The zero-order valence-electron chi connectivity index (χ0n) is 16.1. The van der Waals surface area contributed by atoms with Crippen LogP contribution >= 0.6 is 36.2 Å². The number of hydrogen-bond donors (Lipinski definition) is 4. The maximum absolute atomic E-state index is 5.24. The van der Waals surface area contributed by atoms with Gasteiger partial charge in [-0.1, -0.05) is 48.5 Å². The normalized spacial score (nSPS) is 10.3. The van der Waals surface area contributed by atoms with Crippen molar-refractivity contribution < 1.29 is 0 Å². The first-order valence-electron chi connectivity index (χ1n) is 8.42. The van der Waals surface area contributed by atoms with Gasteiger partial charge in [0.15, 0.2) is 0 Å². The molecule has 0 aliphatic rings. The molecule has 9 nitrogen and oxygen atoms in total. The number of rotatable bonds is 6. The van der Waals surface area contributed by atoms with Crippen molar-refractivity contribution in [2.45, 2.75) is 0 Å². The highest BCUT2D eigenvalue weighted by Crippen LogP contribution is 2.32. The molecule has 0 aliphatic heterocycles. The SMILES string of the molecule is Cl.Cl.NC(N)=N/N=C/c1ccc(-c2cnc(-c3ccc(/C=N/N=C(N)N)cc3)s2)cc1. The predicted molar refractivity (Wildman–Crippen MR) is 134 cm³/mol. The fraction of sp³-hybridized carbons (Fsp3) is 0. The molecule has 31 heavy (non-hydrogen) atoms. The van der Waals surface area contributed by atoms with E-state index in [1.807, 2.05) is 54.7 Å². The second-order valence-corrected chi connectivity index (χ2v) is 6.84. The van der Waals surface area contributed by atoms with Crippen LogP contribution in [0.4, 0.5) is 0 Å². The van der Waals surface area contributed by atoms with Crippen molar-refractivity contribution in [3.8, 4) is 21.0 Å². The van der Waals surface area contributed by atoms with Crippen molar-refractivity contribution in [1.82, 2.24) is 4.98 Å². The quantitative estimate of drug-likeness (QED) is 0.242. The predicted octanol–water partition coefficient (Wildman–Crippen LogP) is 2.54. The summed E-state index contributed by atoms with van der Waals surface area (Å²) in [5, 5.41) is 15.7. The van der Waals surface area contributed by atoms with Gasteiger partial charge in [-0.2, -0.15) is 10.2 Å². The maximum Gasteiger partial charge on any atom is 0.211 e. The van der Waals surface area contributed by atoms with E-state index in [0.29, 0.717) is 0 Å². The molecule has 0 saturated carbocycles. The number of thiazole rings is 1. The molecule has 12 heteroatoms. The van der Waals surface area contributed by atoms with Gasteiger partial charge in [0.1, 0.15) is 5.01 Å². The first-order valence-corrected chi connectivity index (χ1v) is 9.23. The van der Waals surface area contributed by atoms with Crippen LogP contribution in [0.3, 0.4) is 0 Å². The summed E-state index contributed by atoms with van der Waals surface area (Å²) in [6, 6.07) is 15.7. The summed E-state index contributed by atoms with van der Waals surface area (Å²) in [5.41, 5.74) is 24.8. The first kappa shape index (κ1) is 25.6. The Kier molecular flexibility index (Phi) is 10.1. The van der Waals surface area contributed by atoms with Gasteiger partial charge < -0.3 is 22.9 Å². The highest BCUT2D eigenvalue weighted by atomic mass is 35.5. The number of benzene rings is 2. The minimum absolute atomic E-state index is 0. The molecule has 2 aromatic carbocycles.